The van der Waals surface area contributed by atoms with Crippen LogP contribution < -0.4 is 0 Å². The third-order valence-corrected chi connectivity index (χ3v) is 6.03. The van der Waals surface area contributed by atoms with Gasteiger partial charge in [-0.3, -0.25) is 4.68 Å². The minimum absolute atomic E-state index is 0.0206. The summed E-state index contributed by atoms with van der Waals surface area (Å²) in [7, 11) is 0. The first-order valence-corrected chi connectivity index (χ1v) is 10.8. The Kier molecular flexibility index (Phi) is 5.39. The van der Waals surface area contributed by atoms with E-state index in [4.69, 9.17) is 9.84 Å². The first-order chi connectivity index (χ1) is 13.8. The second kappa shape index (κ2) is 7.83. The molecule has 2 heterocycles. The summed E-state index contributed by atoms with van der Waals surface area (Å²) in [6.45, 7) is 11.8. The molecule has 2 atom stereocenters. The van der Waals surface area contributed by atoms with Gasteiger partial charge in [-0.15, -0.1) is 0 Å². The first kappa shape index (κ1) is 20.0. The van der Waals surface area contributed by atoms with Crippen LogP contribution in [0.15, 0.2) is 48.5 Å². The van der Waals surface area contributed by atoms with E-state index in [-0.39, 0.29) is 17.6 Å². The summed E-state index contributed by atoms with van der Waals surface area (Å²) >= 11 is 0. The van der Waals surface area contributed by atoms with Gasteiger partial charge in [-0.1, -0.05) is 51.1 Å². The Labute approximate surface area is 174 Å². The molecule has 0 bridgehead atoms. The van der Waals surface area contributed by atoms with Crippen molar-refractivity contribution in [2.75, 3.05) is 0 Å². The van der Waals surface area contributed by atoms with E-state index in [1.807, 2.05) is 6.07 Å². The van der Waals surface area contributed by atoms with Crippen LogP contribution in [0, 0.1) is 13.8 Å². The van der Waals surface area contributed by atoms with Crippen molar-refractivity contribution in [2.24, 2.45) is 0 Å². The molecule has 154 valence electrons. The molecular formula is C25H33N3O. The van der Waals surface area contributed by atoms with E-state index in [2.05, 4.69) is 86.3 Å². The Morgan fingerprint density at radius 2 is 1.69 bits per heavy atom. The molecule has 1 aromatic carbocycles. The van der Waals surface area contributed by atoms with Gasteiger partial charge in [0, 0.05) is 28.6 Å². The first-order valence-electron chi connectivity index (χ1n) is 10.8. The Hall–Kier alpha value is -2.33. The van der Waals surface area contributed by atoms with Crippen molar-refractivity contribution in [1.29, 1.82) is 0 Å². The van der Waals surface area contributed by atoms with Crippen molar-refractivity contribution in [1.82, 2.24) is 14.3 Å². The largest absolute Gasteiger partial charge is 0.371 e. The van der Waals surface area contributed by atoms with Crippen molar-refractivity contribution >= 4 is 0 Å². The second-order valence-corrected chi connectivity index (χ2v) is 9.37. The predicted octanol–water partition coefficient (Wildman–Crippen LogP) is 5.90. The summed E-state index contributed by atoms with van der Waals surface area (Å²) in [6.07, 6.45) is 3.60. The van der Waals surface area contributed by atoms with Gasteiger partial charge in [-0.25, -0.2) is 0 Å². The van der Waals surface area contributed by atoms with Gasteiger partial charge in [-0.05, 0) is 50.8 Å². The molecule has 1 saturated carbocycles. The van der Waals surface area contributed by atoms with E-state index in [1.165, 1.54) is 29.1 Å². The topological polar surface area (TPSA) is 32.0 Å². The van der Waals surface area contributed by atoms with Gasteiger partial charge in [0.05, 0.1) is 18.8 Å². The molecule has 4 nitrogen and oxygen atoms in total. The molecule has 0 spiro atoms. The summed E-state index contributed by atoms with van der Waals surface area (Å²) in [4.78, 5) is 0. The van der Waals surface area contributed by atoms with Crippen LogP contribution in [-0.2, 0) is 16.8 Å². The zero-order valence-electron chi connectivity index (χ0n) is 18.4. The zero-order valence-corrected chi connectivity index (χ0v) is 18.4. The standard InChI is InChI=1S/C25H33N3O/c1-18-14-15-19(2)27(18)24-16-23(25(3,4)5)28(26-24)21-12-9-13-22(21)29-17-20-10-7-6-8-11-20/h6-8,10-11,14-16,21-22H,9,12-13,17H2,1-5H3/t21?,22-/m1/s1. The highest BCUT2D eigenvalue weighted by Crippen LogP contribution is 2.37. The van der Waals surface area contributed by atoms with Crippen LogP contribution in [0.5, 0.6) is 0 Å². The van der Waals surface area contributed by atoms with Crippen LogP contribution in [0.3, 0.4) is 0 Å². The molecule has 0 amide bonds. The lowest BCUT2D eigenvalue weighted by atomic mass is 9.91. The smallest absolute Gasteiger partial charge is 0.159 e. The summed E-state index contributed by atoms with van der Waals surface area (Å²) in [6, 6.07) is 17.3. The molecule has 4 rings (SSSR count). The average Bonchev–Trinajstić information content (AvgIpc) is 3.38. The highest BCUT2D eigenvalue weighted by molar-refractivity contribution is 5.35. The van der Waals surface area contributed by atoms with Crippen molar-refractivity contribution in [3.63, 3.8) is 0 Å². The van der Waals surface area contributed by atoms with Crippen LogP contribution in [0.2, 0.25) is 0 Å². The number of rotatable bonds is 5. The van der Waals surface area contributed by atoms with Crippen molar-refractivity contribution < 1.29 is 4.74 Å². The van der Waals surface area contributed by atoms with Crippen LogP contribution >= 0.6 is 0 Å². The predicted molar refractivity (Wildman–Crippen MR) is 118 cm³/mol. The zero-order chi connectivity index (χ0) is 20.6. The molecule has 1 aliphatic carbocycles. The molecular weight excluding hydrogens is 358 g/mol. The summed E-state index contributed by atoms with van der Waals surface area (Å²) < 4.78 is 10.9. The number of nitrogens with zero attached hydrogens (tertiary/aromatic N) is 3. The molecule has 0 saturated heterocycles. The highest BCUT2D eigenvalue weighted by Gasteiger charge is 2.34. The lowest BCUT2D eigenvalue weighted by Crippen LogP contribution is -2.28. The molecule has 3 aromatic rings. The quantitative estimate of drug-likeness (QED) is 0.542. The molecule has 2 aromatic heterocycles. The Balaban J connectivity index is 1.65. The van der Waals surface area contributed by atoms with Crippen LogP contribution in [0.1, 0.15) is 68.7 Å². The Morgan fingerprint density at radius 3 is 2.34 bits per heavy atom. The normalized spacial score (nSPS) is 19.8. The van der Waals surface area contributed by atoms with E-state index in [1.54, 1.807) is 0 Å². The average molecular weight is 392 g/mol. The third kappa shape index (κ3) is 4.04. The van der Waals surface area contributed by atoms with Gasteiger partial charge in [0.15, 0.2) is 5.82 Å². The number of hydrogen-bond acceptors (Lipinski definition) is 2. The van der Waals surface area contributed by atoms with Crippen molar-refractivity contribution in [3.8, 4) is 5.82 Å². The summed E-state index contributed by atoms with van der Waals surface area (Å²) in [5, 5.41) is 5.13. The fourth-order valence-electron chi connectivity index (χ4n) is 4.49. The van der Waals surface area contributed by atoms with Gasteiger partial charge in [0.1, 0.15) is 0 Å². The molecule has 0 N–H and O–H groups in total. The van der Waals surface area contributed by atoms with E-state index in [0.717, 1.165) is 18.7 Å². The number of aromatic nitrogens is 3. The molecule has 1 aliphatic rings. The van der Waals surface area contributed by atoms with Gasteiger partial charge in [0.25, 0.3) is 0 Å². The maximum Gasteiger partial charge on any atom is 0.159 e. The van der Waals surface area contributed by atoms with E-state index in [9.17, 15) is 0 Å². The maximum atomic E-state index is 6.40. The Bertz CT molecular complexity index is 942. The van der Waals surface area contributed by atoms with Crippen molar-refractivity contribution in [2.45, 2.75) is 78.0 Å². The Morgan fingerprint density at radius 1 is 1.00 bits per heavy atom. The minimum Gasteiger partial charge on any atom is -0.371 e. The molecule has 0 radical (unpaired) electrons. The molecule has 1 unspecified atom stereocenters. The molecule has 4 heteroatoms. The number of benzene rings is 1. The molecule has 0 aliphatic heterocycles. The van der Waals surface area contributed by atoms with Crippen LogP contribution in [0.4, 0.5) is 0 Å². The van der Waals surface area contributed by atoms with Gasteiger partial charge >= 0.3 is 0 Å². The fourth-order valence-corrected chi connectivity index (χ4v) is 4.49. The minimum atomic E-state index is 0.0206. The van der Waals surface area contributed by atoms with E-state index in [0.29, 0.717) is 6.61 Å². The van der Waals surface area contributed by atoms with Crippen LogP contribution in [-0.4, -0.2) is 20.5 Å². The fraction of sp³-hybridized carbons (Fsp3) is 0.480. The number of ether oxygens (including phenoxy) is 1. The molecule has 29 heavy (non-hydrogen) atoms. The van der Waals surface area contributed by atoms with E-state index < -0.39 is 0 Å². The van der Waals surface area contributed by atoms with Gasteiger partial charge < -0.3 is 9.30 Å². The van der Waals surface area contributed by atoms with Gasteiger partial charge in [0.2, 0.25) is 0 Å². The summed E-state index contributed by atoms with van der Waals surface area (Å²) in [5.74, 6) is 1.02. The maximum absolute atomic E-state index is 6.40. The SMILES string of the molecule is Cc1ccc(C)n1-c1cc(C(C)(C)C)n(C2CCC[C@H]2OCc2ccccc2)n1. The summed E-state index contributed by atoms with van der Waals surface area (Å²) in [5.41, 5.74) is 4.97. The van der Waals surface area contributed by atoms with Crippen LogP contribution in [0.25, 0.3) is 5.82 Å². The number of hydrogen-bond donors (Lipinski definition) is 0. The second-order valence-electron chi connectivity index (χ2n) is 9.37. The monoisotopic (exact) mass is 391 g/mol. The number of aryl methyl sites for hydroxylation is 2. The third-order valence-electron chi connectivity index (χ3n) is 6.03. The lowest BCUT2D eigenvalue weighted by molar-refractivity contribution is 0.0153. The lowest BCUT2D eigenvalue weighted by Gasteiger charge is -2.27. The highest BCUT2D eigenvalue weighted by atomic mass is 16.5. The van der Waals surface area contributed by atoms with Gasteiger partial charge in [-0.2, -0.15) is 5.10 Å². The molecule has 1 fully saturated rings. The van der Waals surface area contributed by atoms with E-state index >= 15 is 0 Å². The van der Waals surface area contributed by atoms with Crippen molar-refractivity contribution in [3.05, 3.63) is 71.2 Å².